The fourth-order valence-electron chi connectivity index (χ4n) is 6.82. The number of nitrogens with one attached hydrogen (secondary N) is 1. The third-order valence-corrected chi connectivity index (χ3v) is 9.40. The molecule has 2 N–H and O–H groups in total. The number of nitrogens with zero attached hydrogens (tertiary/aromatic N) is 2. The Balaban J connectivity index is 1.63. The topological polar surface area (TPSA) is 101 Å². The fraction of sp³-hybridized carbons (Fsp3) is 0.324. The Kier molecular flexibility index (Phi) is 10.5. The number of aromatic nitrogens is 1. The van der Waals surface area contributed by atoms with Crippen LogP contribution in [0.3, 0.4) is 0 Å². The van der Waals surface area contributed by atoms with Gasteiger partial charge in [0, 0.05) is 43.0 Å². The van der Waals surface area contributed by atoms with E-state index in [9.17, 15) is 63.4 Å². The van der Waals surface area contributed by atoms with Crippen molar-refractivity contribution in [2.24, 2.45) is 0 Å². The number of pyridine rings is 1. The van der Waals surface area contributed by atoms with Crippen molar-refractivity contribution in [2.75, 3.05) is 19.6 Å². The van der Waals surface area contributed by atoms with Gasteiger partial charge in [-0.2, -0.15) is 39.5 Å². The molecule has 1 fully saturated rings. The standard InChI is InChI=1S/C37H28F11N3O5/c1-17-7-21(35(40,41)42)11-28-31(17)20-9-24(32(39)26(10-20)37(46,47)48)27(13-30(53)54)49-34(55)33(18-3-2-4-23(8-18)56-28)51-14-19(5-6-50-15-22(38)16-50)25(12-29(51)52)36(43,44)45/h2-4,7-12,14,22,27,33H,5-6,13,15-16H2,1H3,(H,49,55)(H,53,54). The van der Waals surface area contributed by atoms with E-state index in [0.717, 1.165) is 13.0 Å². The largest absolute Gasteiger partial charge is 0.481 e. The zero-order chi connectivity index (χ0) is 41.1. The molecule has 19 heteroatoms. The second-order valence-electron chi connectivity index (χ2n) is 13.4. The predicted molar refractivity (Wildman–Crippen MR) is 175 cm³/mol. The number of alkyl halides is 10. The highest BCUT2D eigenvalue weighted by atomic mass is 19.4. The number of carboxylic acid groups (broad SMARTS) is 1. The summed E-state index contributed by atoms with van der Waals surface area (Å²) in [6.45, 7) is 0.884. The molecule has 6 rings (SSSR count). The summed E-state index contributed by atoms with van der Waals surface area (Å²) in [5.74, 6) is -6.24. The first kappa shape index (κ1) is 40.2. The molecule has 0 radical (unpaired) electrons. The van der Waals surface area contributed by atoms with Crippen LogP contribution in [0.5, 0.6) is 11.5 Å². The molecule has 1 saturated heterocycles. The molecule has 298 valence electrons. The van der Waals surface area contributed by atoms with Crippen LogP contribution in [-0.2, 0) is 34.5 Å². The second-order valence-corrected chi connectivity index (χ2v) is 13.4. The second kappa shape index (κ2) is 14.6. The van der Waals surface area contributed by atoms with Crippen molar-refractivity contribution in [3.8, 4) is 22.6 Å². The van der Waals surface area contributed by atoms with Gasteiger partial charge < -0.3 is 15.2 Å². The van der Waals surface area contributed by atoms with E-state index in [1.807, 2.05) is 0 Å². The molecule has 56 heavy (non-hydrogen) atoms. The zero-order valence-electron chi connectivity index (χ0n) is 28.7. The number of aryl methyl sites for hydroxylation is 1. The lowest BCUT2D eigenvalue weighted by Gasteiger charge is -2.34. The Labute approximate surface area is 309 Å². The lowest BCUT2D eigenvalue weighted by Crippen LogP contribution is -2.49. The molecule has 0 saturated carbocycles. The Morgan fingerprint density at radius 1 is 0.911 bits per heavy atom. The normalized spacial score (nSPS) is 18.1. The minimum absolute atomic E-state index is 0.0648. The number of hydrogen-bond donors (Lipinski definition) is 2. The van der Waals surface area contributed by atoms with Crippen LogP contribution in [0.1, 0.15) is 57.4 Å². The Bertz CT molecular complexity index is 2260. The van der Waals surface area contributed by atoms with E-state index in [1.165, 1.54) is 23.1 Å². The van der Waals surface area contributed by atoms with Crippen molar-refractivity contribution in [1.29, 1.82) is 0 Å². The molecule has 0 spiro atoms. The molecule has 4 bridgehead atoms. The summed E-state index contributed by atoms with van der Waals surface area (Å²) < 4.78 is 164. The highest BCUT2D eigenvalue weighted by molar-refractivity contribution is 5.85. The number of fused-ring (bicyclic) bond motifs is 6. The highest BCUT2D eigenvalue weighted by Crippen LogP contribution is 2.45. The molecule has 1 amide bonds. The summed E-state index contributed by atoms with van der Waals surface area (Å²) in [7, 11) is 0. The van der Waals surface area contributed by atoms with Crippen molar-refractivity contribution < 1.29 is 67.7 Å². The third kappa shape index (κ3) is 8.22. The Morgan fingerprint density at radius 2 is 1.59 bits per heavy atom. The number of halogens is 11. The number of carbonyl (C=O) groups excluding carboxylic acids is 1. The van der Waals surface area contributed by atoms with E-state index in [1.54, 1.807) is 0 Å². The quantitative estimate of drug-likeness (QED) is 0.191. The van der Waals surface area contributed by atoms with Gasteiger partial charge in [-0.15, -0.1) is 0 Å². The van der Waals surface area contributed by atoms with Crippen molar-refractivity contribution in [3.63, 3.8) is 0 Å². The molecule has 8 nitrogen and oxygen atoms in total. The number of aliphatic carboxylic acids is 1. The van der Waals surface area contributed by atoms with Crippen molar-refractivity contribution in [2.45, 2.75) is 56.5 Å². The van der Waals surface area contributed by atoms with E-state index in [2.05, 4.69) is 5.32 Å². The van der Waals surface area contributed by atoms with Crippen molar-refractivity contribution in [3.05, 3.63) is 116 Å². The van der Waals surface area contributed by atoms with E-state index in [0.29, 0.717) is 29.0 Å². The molecular formula is C37H28F11N3O5. The molecule has 2 atom stereocenters. The van der Waals surface area contributed by atoms with Crippen LogP contribution in [0.2, 0.25) is 0 Å². The monoisotopic (exact) mass is 803 g/mol. The van der Waals surface area contributed by atoms with Crippen LogP contribution >= 0.6 is 0 Å². The minimum atomic E-state index is -5.47. The van der Waals surface area contributed by atoms with Crippen molar-refractivity contribution >= 4 is 11.9 Å². The molecule has 2 aliphatic rings. The van der Waals surface area contributed by atoms with Crippen LogP contribution in [0, 0.1) is 12.7 Å². The first-order chi connectivity index (χ1) is 26.0. The summed E-state index contributed by atoms with van der Waals surface area (Å²) in [4.78, 5) is 41.4. The zero-order valence-corrected chi connectivity index (χ0v) is 28.7. The molecule has 2 aliphatic heterocycles. The minimum Gasteiger partial charge on any atom is -0.481 e. The van der Waals surface area contributed by atoms with E-state index >= 15 is 4.39 Å². The van der Waals surface area contributed by atoms with Gasteiger partial charge in [-0.1, -0.05) is 12.1 Å². The number of carboxylic acids is 1. The number of hydrogen-bond acceptors (Lipinski definition) is 5. The van der Waals surface area contributed by atoms with Gasteiger partial charge in [0.25, 0.3) is 5.56 Å². The number of ether oxygens (including phenoxy) is 1. The number of rotatable bonds is 6. The number of likely N-dealkylation sites (tertiary alicyclic amines) is 1. The van der Waals surface area contributed by atoms with E-state index < -0.39 is 118 Å². The summed E-state index contributed by atoms with van der Waals surface area (Å²) >= 11 is 0. The first-order valence-electron chi connectivity index (χ1n) is 16.6. The molecule has 4 aromatic rings. The predicted octanol–water partition coefficient (Wildman–Crippen LogP) is 8.24. The average Bonchev–Trinajstić information content (AvgIpc) is 3.05. The molecule has 2 unspecified atom stereocenters. The maximum absolute atomic E-state index is 16.0. The molecule has 0 aliphatic carbocycles. The fourth-order valence-corrected chi connectivity index (χ4v) is 6.82. The van der Waals surface area contributed by atoms with Gasteiger partial charge in [-0.3, -0.25) is 23.9 Å². The van der Waals surface area contributed by atoms with Crippen LogP contribution in [0.25, 0.3) is 11.1 Å². The Hall–Kier alpha value is -5.46. The van der Waals surface area contributed by atoms with Crippen LogP contribution in [-0.4, -0.2) is 52.3 Å². The van der Waals surface area contributed by atoms with Gasteiger partial charge in [-0.05, 0) is 72.0 Å². The van der Waals surface area contributed by atoms with Crippen LogP contribution in [0.4, 0.5) is 48.3 Å². The summed E-state index contributed by atoms with van der Waals surface area (Å²) in [5, 5.41) is 11.9. The van der Waals surface area contributed by atoms with Gasteiger partial charge in [0.05, 0.1) is 29.2 Å². The van der Waals surface area contributed by atoms with E-state index in [-0.39, 0.29) is 48.6 Å². The van der Waals surface area contributed by atoms with Gasteiger partial charge in [-0.25, -0.2) is 8.78 Å². The number of carbonyl (C=O) groups is 2. The van der Waals surface area contributed by atoms with Crippen molar-refractivity contribution in [1.82, 2.24) is 14.8 Å². The van der Waals surface area contributed by atoms with Crippen LogP contribution in [0.15, 0.2) is 65.6 Å². The number of benzene rings is 3. The molecule has 3 aromatic carbocycles. The summed E-state index contributed by atoms with van der Waals surface area (Å²) in [6.07, 6.45) is -17.7. The summed E-state index contributed by atoms with van der Waals surface area (Å²) in [6, 6.07) is 2.65. The van der Waals surface area contributed by atoms with E-state index in [4.69, 9.17) is 4.74 Å². The Morgan fingerprint density at radius 3 is 2.20 bits per heavy atom. The van der Waals surface area contributed by atoms with Gasteiger partial charge in [0.15, 0.2) is 0 Å². The lowest BCUT2D eigenvalue weighted by molar-refractivity contribution is -0.140. The number of amides is 1. The smallest absolute Gasteiger partial charge is 0.419 e. The third-order valence-electron chi connectivity index (χ3n) is 9.40. The van der Waals surface area contributed by atoms with Gasteiger partial charge in [0.2, 0.25) is 5.91 Å². The molecular weight excluding hydrogens is 775 g/mol. The molecule has 1 aromatic heterocycles. The average molecular weight is 804 g/mol. The maximum atomic E-state index is 16.0. The van der Waals surface area contributed by atoms with Gasteiger partial charge >= 0.3 is 24.5 Å². The first-order valence-corrected chi connectivity index (χ1v) is 16.6. The maximum Gasteiger partial charge on any atom is 0.419 e. The van der Waals surface area contributed by atoms with Gasteiger partial charge in [0.1, 0.15) is 29.5 Å². The van der Waals surface area contributed by atoms with Crippen LogP contribution < -0.4 is 15.6 Å². The molecule has 3 heterocycles. The SMILES string of the molecule is Cc1cc(C(F)(F)F)cc2c1-c1cc(c(F)c(C(F)(F)F)c1)C(CC(=O)O)NC(=O)C(n1cc(CCN3CC(F)C3)c(C(F)(F)F)cc1=O)c1cccc(c1)O2. The lowest BCUT2D eigenvalue weighted by atomic mass is 9.90. The highest BCUT2D eigenvalue weighted by Gasteiger charge is 2.40. The summed E-state index contributed by atoms with van der Waals surface area (Å²) in [5.41, 5.74) is -9.20.